The lowest BCUT2D eigenvalue weighted by molar-refractivity contribution is -0.119. The molecule has 0 bridgehead atoms. The topological polar surface area (TPSA) is 59.8 Å². The Morgan fingerprint density at radius 2 is 2.13 bits per heavy atom. The molecule has 2 heterocycles. The Morgan fingerprint density at radius 1 is 1.35 bits per heavy atom. The third-order valence-corrected chi connectivity index (χ3v) is 4.98. The van der Waals surface area contributed by atoms with Crippen LogP contribution in [0.2, 0.25) is 0 Å². The number of rotatable bonds is 5. The van der Waals surface area contributed by atoms with Crippen molar-refractivity contribution in [2.75, 3.05) is 5.75 Å². The maximum atomic E-state index is 12.2. The molecule has 2 aromatic rings. The van der Waals surface area contributed by atoms with Gasteiger partial charge < -0.3 is 9.88 Å². The average molecular weight is 330 g/mol. The van der Waals surface area contributed by atoms with E-state index in [1.54, 1.807) is 11.8 Å². The molecule has 0 radical (unpaired) electrons. The van der Waals surface area contributed by atoms with Gasteiger partial charge in [-0.1, -0.05) is 32.0 Å². The molecule has 1 amide bonds. The molecule has 0 spiro atoms. The van der Waals surface area contributed by atoms with Crippen molar-refractivity contribution >= 4 is 17.7 Å². The minimum absolute atomic E-state index is 0.0893. The lowest BCUT2D eigenvalue weighted by atomic mass is 10.1. The molecular formula is C17H22N4OS. The third kappa shape index (κ3) is 3.93. The van der Waals surface area contributed by atoms with Crippen molar-refractivity contribution in [2.24, 2.45) is 0 Å². The molecule has 0 saturated carbocycles. The van der Waals surface area contributed by atoms with Crippen molar-refractivity contribution in [1.82, 2.24) is 20.1 Å². The van der Waals surface area contributed by atoms with Crippen LogP contribution in [0.4, 0.5) is 0 Å². The van der Waals surface area contributed by atoms with Gasteiger partial charge in [0.2, 0.25) is 5.91 Å². The van der Waals surface area contributed by atoms with E-state index in [-0.39, 0.29) is 11.9 Å². The zero-order valence-electron chi connectivity index (χ0n) is 13.5. The van der Waals surface area contributed by atoms with Gasteiger partial charge in [-0.3, -0.25) is 4.79 Å². The fourth-order valence-electron chi connectivity index (χ4n) is 2.83. The van der Waals surface area contributed by atoms with E-state index in [4.69, 9.17) is 0 Å². The van der Waals surface area contributed by atoms with E-state index in [0.717, 1.165) is 35.9 Å². The molecule has 1 aliphatic rings. The summed E-state index contributed by atoms with van der Waals surface area (Å²) < 4.78 is 2.17. The fourth-order valence-corrected chi connectivity index (χ4v) is 3.56. The van der Waals surface area contributed by atoms with Crippen LogP contribution in [-0.2, 0) is 17.8 Å². The van der Waals surface area contributed by atoms with Crippen LogP contribution in [0.15, 0.2) is 35.2 Å². The van der Waals surface area contributed by atoms with Crippen LogP contribution in [0.25, 0.3) is 0 Å². The van der Waals surface area contributed by atoms with E-state index in [1.165, 1.54) is 0 Å². The quantitative estimate of drug-likeness (QED) is 0.856. The molecular weight excluding hydrogens is 308 g/mol. The Hall–Kier alpha value is -1.82. The van der Waals surface area contributed by atoms with Crippen molar-refractivity contribution in [3.63, 3.8) is 0 Å². The first-order valence-electron chi connectivity index (χ1n) is 8.02. The highest BCUT2D eigenvalue weighted by Gasteiger charge is 2.24. The number of benzene rings is 1. The Balaban J connectivity index is 1.54. The number of hydrogen-bond donors (Lipinski definition) is 1. The molecule has 1 aromatic carbocycles. The van der Waals surface area contributed by atoms with Crippen LogP contribution in [0.5, 0.6) is 0 Å². The van der Waals surface area contributed by atoms with Gasteiger partial charge in [-0.2, -0.15) is 0 Å². The van der Waals surface area contributed by atoms with Gasteiger partial charge >= 0.3 is 0 Å². The Kier molecular flexibility index (Phi) is 5.00. The van der Waals surface area contributed by atoms with Crippen LogP contribution in [-0.4, -0.2) is 32.5 Å². The number of aromatic nitrogens is 3. The Morgan fingerprint density at radius 3 is 2.87 bits per heavy atom. The van der Waals surface area contributed by atoms with E-state index in [0.29, 0.717) is 11.7 Å². The normalized spacial score (nSPS) is 17.1. The zero-order valence-corrected chi connectivity index (χ0v) is 14.3. The van der Waals surface area contributed by atoms with Crippen LogP contribution in [0.3, 0.4) is 0 Å². The predicted molar refractivity (Wildman–Crippen MR) is 91.5 cm³/mol. The first kappa shape index (κ1) is 16.1. The highest BCUT2D eigenvalue weighted by atomic mass is 32.2. The summed E-state index contributed by atoms with van der Waals surface area (Å²) >= 11 is 1.57. The molecule has 6 heteroatoms. The standard InChI is InChI=1S/C17H22N4OS/c1-12(2)17-20-19-15-9-8-13(10-21(15)17)18-16(22)11-23-14-6-4-3-5-7-14/h3-7,12-13H,8-11H2,1-2H3,(H,18,22)/t13-/m0/s1. The summed E-state index contributed by atoms with van der Waals surface area (Å²) in [5, 5.41) is 11.7. The number of carbonyl (C=O) groups is 1. The lowest BCUT2D eigenvalue weighted by Gasteiger charge is -2.25. The molecule has 1 aliphatic heterocycles. The molecule has 1 N–H and O–H groups in total. The molecule has 0 aliphatic carbocycles. The van der Waals surface area contributed by atoms with Crippen molar-refractivity contribution < 1.29 is 4.79 Å². The van der Waals surface area contributed by atoms with Gasteiger partial charge in [0, 0.05) is 29.8 Å². The van der Waals surface area contributed by atoms with Crippen molar-refractivity contribution in [1.29, 1.82) is 0 Å². The van der Waals surface area contributed by atoms with Gasteiger partial charge in [0.25, 0.3) is 0 Å². The number of fused-ring (bicyclic) bond motifs is 1. The number of nitrogens with one attached hydrogen (secondary N) is 1. The third-order valence-electron chi connectivity index (χ3n) is 3.97. The lowest BCUT2D eigenvalue weighted by Crippen LogP contribution is -2.42. The van der Waals surface area contributed by atoms with Gasteiger partial charge in [-0.25, -0.2) is 0 Å². The summed E-state index contributed by atoms with van der Waals surface area (Å²) in [4.78, 5) is 13.3. The smallest absolute Gasteiger partial charge is 0.230 e. The SMILES string of the molecule is CC(C)c1nnc2n1C[C@@H](NC(=O)CSc1ccccc1)CC2. The van der Waals surface area contributed by atoms with E-state index < -0.39 is 0 Å². The molecule has 5 nitrogen and oxygen atoms in total. The van der Waals surface area contributed by atoms with E-state index in [2.05, 4.69) is 33.9 Å². The molecule has 3 rings (SSSR count). The number of amides is 1. The maximum Gasteiger partial charge on any atom is 0.230 e. The first-order chi connectivity index (χ1) is 11.1. The van der Waals surface area contributed by atoms with Crippen LogP contribution >= 0.6 is 11.8 Å². The van der Waals surface area contributed by atoms with Crippen LogP contribution in [0, 0.1) is 0 Å². The van der Waals surface area contributed by atoms with Crippen LogP contribution in [0.1, 0.15) is 37.8 Å². The minimum atomic E-state index is 0.0893. The van der Waals surface area contributed by atoms with E-state index >= 15 is 0 Å². The van der Waals surface area contributed by atoms with Gasteiger partial charge in [0.1, 0.15) is 11.6 Å². The summed E-state index contributed by atoms with van der Waals surface area (Å²) in [6.45, 7) is 5.02. The van der Waals surface area contributed by atoms with Crippen molar-refractivity contribution in [3.05, 3.63) is 42.0 Å². The predicted octanol–water partition coefficient (Wildman–Crippen LogP) is 2.62. The molecule has 122 valence electrons. The van der Waals surface area contributed by atoms with E-state index in [9.17, 15) is 4.79 Å². The summed E-state index contributed by atoms with van der Waals surface area (Å²) in [7, 11) is 0. The minimum Gasteiger partial charge on any atom is -0.351 e. The number of nitrogens with zero attached hydrogens (tertiary/aromatic N) is 3. The van der Waals surface area contributed by atoms with Crippen molar-refractivity contribution in [2.45, 2.75) is 50.1 Å². The number of thioether (sulfide) groups is 1. The monoisotopic (exact) mass is 330 g/mol. The zero-order chi connectivity index (χ0) is 16.2. The van der Waals surface area contributed by atoms with Gasteiger partial charge in [0.05, 0.1) is 5.75 Å². The summed E-state index contributed by atoms with van der Waals surface area (Å²) in [5.74, 6) is 2.94. The Labute approximate surface area is 140 Å². The molecule has 0 unspecified atom stereocenters. The molecule has 0 saturated heterocycles. The summed E-state index contributed by atoms with van der Waals surface area (Å²) in [6, 6.07) is 10.2. The number of hydrogen-bond acceptors (Lipinski definition) is 4. The maximum absolute atomic E-state index is 12.2. The molecule has 1 atom stereocenters. The molecule has 0 fully saturated rings. The summed E-state index contributed by atoms with van der Waals surface area (Å²) in [5.41, 5.74) is 0. The van der Waals surface area contributed by atoms with Gasteiger partial charge in [-0.05, 0) is 18.6 Å². The average Bonchev–Trinajstić information content (AvgIpc) is 2.97. The number of carbonyl (C=O) groups excluding carboxylic acids is 1. The Bertz CT molecular complexity index is 668. The van der Waals surface area contributed by atoms with E-state index in [1.807, 2.05) is 30.3 Å². The number of aryl methyl sites for hydroxylation is 1. The largest absolute Gasteiger partial charge is 0.351 e. The second-order valence-electron chi connectivity index (χ2n) is 6.14. The van der Waals surface area contributed by atoms with Crippen LogP contribution < -0.4 is 5.32 Å². The summed E-state index contributed by atoms with van der Waals surface area (Å²) in [6.07, 6.45) is 1.80. The molecule has 1 aromatic heterocycles. The fraction of sp³-hybridized carbons (Fsp3) is 0.471. The van der Waals surface area contributed by atoms with Gasteiger partial charge in [-0.15, -0.1) is 22.0 Å². The first-order valence-corrected chi connectivity index (χ1v) is 9.01. The molecule has 23 heavy (non-hydrogen) atoms. The highest BCUT2D eigenvalue weighted by Crippen LogP contribution is 2.21. The second kappa shape index (κ2) is 7.17. The highest BCUT2D eigenvalue weighted by molar-refractivity contribution is 8.00. The second-order valence-corrected chi connectivity index (χ2v) is 7.19. The van der Waals surface area contributed by atoms with Gasteiger partial charge in [0.15, 0.2) is 0 Å². The van der Waals surface area contributed by atoms with Crippen molar-refractivity contribution in [3.8, 4) is 0 Å².